The van der Waals surface area contributed by atoms with E-state index in [0.29, 0.717) is 0 Å². The first kappa shape index (κ1) is 6.40. The normalized spacial score (nSPS) is 15.2. The maximum atomic E-state index is 5.23. The van der Waals surface area contributed by atoms with E-state index in [4.69, 9.17) is 8.95 Å². The van der Waals surface area contributed by atoms with Crippen molar-refractivity contribution in [2.24, 2.45) is 8.95 Å². The third-order valence-corrected chi connectivity index (χ3v) is 0. The molecule has 36 valence electrons. The van der Waals surface area contributed by atoms with Gasteiger partial charge in [0.05, 0.1) is 0 Å². The molecule has 4 N–H and O–H groups in total. The Morgan fingerprint density at radius 3 is 1.20 bits per heavy atom. The summed E-state index contributed by atoms with van der Waals surface area (Å²) in [5, 5.41) is 0. The van der Waals surface area contributed by atoms with Crippen LogP contribution >= 0.6 is 15.1 Å². The molecule has 2 atom stereocenters. The van der Waals surface area contributed by atoms with Crippen molar-refractivity contribution in [3.63, 3.8) is 0 Å². The van der Waals surface area contributed by atoms with Crippen LogP contribution in [0.4, 0.5) is 0 Å². The van der Waals surface area contributed by atoms with Crippen molar-refractivity contribution in [2.45, 2.75) is 0 Å². The first-order chi connectivity index (χ1) is 2.00. The van der Waals surface area contributed by atoms with Crippen molar-refractivity contribution < 1.29 is 14.3 Å². The number of nitrogens with two attached hydrogens (primary N) is 2. The van der Waals surface area contributed by atoms with Crippen LogP contribution in [0.3, 0.4) is 0 Å². The van der Waals surface area contributed by atoms with Crippen LogP contribution in [0.1, 0.15) is 0 Å². The zero-order valence-corrected chi connectivity index (χ0v) is 6.71. The molecular weight excluding hydrogens is 191 g/mol. The summed E-state index contributed by atoms with van der Waals surface area (Å²) < 4.78 is 10.5. The van der Waals surface area contributed by atoms with E-state index in [1.165, 1.54) is 0 Å². The molecule has 0 fully saturated rings. The van der Waals surface area contributed by atoms with E-state index in [-0.39, 0.29) is 0 Å². The molecule has 0 bridgehead atoms. The summed E-state index contributed by atoms with van der Waals surface area (Å²) in [4.78, 5) is 0. The van der Waals surface area contributed by atoms with Gasteiger partial charge in [0.25, 0.3) is 0 Å². The number of rotatable bonds is 0. The molecule has 0 aliphatic heterocycles. The van der Waals surface area contributed by atoms with Crippen LogP contribution in [-0.2, 0) is 14.3 Å². The quantitative estimate of drug-likeness (QED) is 0.407. The summed E-state index contributed by atoms with van der Waals surface area (Å²) in [6, 6.07) is 0. The first-order valence-corrected chi connectivity index (χ1v) is 9.66. The molecule has 5 heavy (non-hydrogen) atoms. The second kappa shape index (κ2) is 1.91. The monoisotopic (exact) mass is 200 g/mol. The Morgan fingerprint density at radius 2 is 1.20 bits per heavy atom. The van der Waals surface area contributed by atoms with Crippen molar-refractivity contribution >= 4 is 15.1 Å². The molecule has 0 aliphatic rings. The van der Waals surface area contributed by atoms with Crippen LogP contribution in [0, 0.1) is 0 Å². The Labute approximate surface area is 38.8 Å². The fourth-order valence-corrected chi connectivity index (χ4v) is 0. The van der Waals surface area contributed by atoms with E-state index in [2.05, 4.69) is 15.1 Å². The summed E-state index contributed by atoms with van der Waals surface area (Å²) in [5.41, 5.74) is 0. The first-order valence-electron chi connectivity index (χ1n) is 0.816. The van der Waals surface area contributed by atoms with Gasteiger partial charge in [-0.05, 0) is 0 Å². The fraction of sp³-hybridized carbons (Fsp3) is 0. The van der Waals surface area contributed by atoms with Gasteiger partial charge in [-0.15, -0.1) is 0 Å². The van der Waals surface area contributed by atoms with Crippen LogP contribution in [0.5, 0.6) is 0 Å². The van der Waals surface area contributed by atoms with Gasteiger partial charge in [0.2, 0.25) is 0 Å². The van der Waals surface area contributed by atoms with Crippen molar-refractivity contribution in [3.05, 3.63) is 0 Å². The van der Waals surface area contributed by atoms with Gasteiger partial charge < -0.3 is 0 Å². The molecular formula is H8N2P2Ru. The van der Waals surface area contributed by atoms with Crippen molar-refractivity contribution in [1.82, 2.24) is 0 Å². The van der Waals surface area contributed by atoms with E-state index in [9.17, 15) is 0 Å². The van der Waals surface area contributed by atoms with Gasteiger partial charge in [-0.25, -0.2) is 0 Å². The average Bonchev–Trinajstić information content (AvgIpc) is 0.722. The van der Waals surface area contributed by atoms with E-state index >= 15 is 0 Å². The van der Waals surface area contributed by atoms with Crippen molar-refractivity contribution in [3.8, 4) is 0 Å². The molecule has 0 aliphatic carbocycles. The topological polar surface area (TPSA) is 52.0 Å². The van der Waals surface area contributed by atoms with E-state index < -0.39 is 14.3 Å². The summed E-state index contributed by atoms with van der Waals surface area (Å²) in [5.74, 6) is 0. The SMILES string of the molecule is [NH2][Ru]([NH2])([PH2])[PH2]. The van der Waals surface area contributed by atoms with E-state index in [1.54, 1.807) is 0 Å². The molecule has 0 spiro atoms. The number of hydrogen-bond donors (Lipinski definition) is 2. The van der Waals surface area contributed by atoms with Gasteiger partial charge in [0.1, 0.15) is 0 Å². The second-order valence-corrected chi connectivity index (χ2v) is 15.3. The molecule has 0 saturated heterocycles. The minimum absolute atomic E-state index is 2.03. The van der Waals surface area contributed by atoms with Gasteiger partial charge in [0.15, 0.2) is 0 Å². The Hall–Kier alpha value is 1.40. The van der Waals surface area contributed by atoms with Crippen LogP contribution in [-0.4, -0.2) is 0 Å². The van der Waals surface area contributed by atoms with Crippen molar-refractivity contribution in [2.75, 3.05) is 0 Å². The van der Waals surface area contributed by atoms with Gasteiger partial charge in [0, 0.05) is 0 Å². The van der Waals surface area contributed by atoms with Crippen LogP contribution in [0.25, 0.3) is 0 Å². The van der Waals surface area contributed by atoms with Crippen LogP contribution in [0.15, 0.2) is 0 Å². The van der Waals surface area contributed by atoms with E-state index in [0.717, 1.165) is 0 Å². The molecule has 0 radical (unpaired) electrons. The average molecular weight is 199 g/mol. The predicted octanol–water partition coefficient (Wildman–Crippen LogP) is -0.532. The van der Waals surface area contributed by atoms with Gasteiger partial charge in [-0.1, -0.05) is 0 Å². The van der Waals surface area contributed by atoms with Crippen molar-refractivity contribution in [1.29, 1.82) is 0 Å². The molecule has 0 heterocycles. The summed E-state index contributed by atoms with van der Waals surface area (Å²) in [7, 11) is 4.81. The number of hydrogen-bond acceptors (Lipinski definition) is 2. The fourth-order valence-electron chi connectivity index (χ4n) is 0. The minimum atomic E-state index is -2.03. The summed E-state index contributed by atoms with van der Waals surface area (Å²) >= 11 is -2.03. The zero-order chi connectivity index (χ0) is 4.50. The Bertz CT molecular complexity index is 23.1. The molecule has 0 saturated carbocycles. The van der Waals surface area contributed by atoms with E-state index in [1.807, 2.05) is 0 Å². The van der Waals surface area contributed by atoms with Gasteiger partial charge >= 0.3 is 38.4 Å². The third kappa shape index (κ3) is 31.8. The molecule has 2 unspecified atom stereocenters. The Balaban J connectivity index is 3.02. The summed E-state index contributed by atoms with van der Waals surface area (Å²) in [6.45, 7) is 0. The molecule has 0 aromatic heterocycles. The Kier molecular flexibility index (Phi) is 2.45. The standard InChI is InChI=1S/2H2N.2H2P.Ru/h4*1H2;/q4*-1;+4. The van der Waals surface area contributed by atoms with Crippen LogP contribution in [0.2, 0.25) is 0 Å². The van der Waals surface area contributed by atoms with Gasteiger partial charge in [-0.3, -0.25) is 0 Å². The zero-order valence-electron chi connectivity index (χ0n) is 2.66. The molecule has 0 amide bonds. The predicted molar refractivity (Wildman–Crippen MR) is 27.8 cm³/mol. The third-order valence-electron chi connectivity index (χ3n) is 0. The molecule has 0 aromatic rings. The Morgan fingerprint density at radius 1 is 1.20 bits per heavy atom. The molecule has 0 rings (SSSR count). The maximum absolute atomic E-state index is 5.23. The van der Waals surface area contributed by atoms with Gasteiger partial charge in [-0.2, -0.15) is 0 Å². The molecule has 2 nitrogen and oxygen atoms in total. The van der Waals surface area contributed by atoms with Crippen LogP contribution < -0.4 is 8.95 Å². The molecule has 0 aromatic carbocycles. The second-order valence-electron chi connectivity index (χ2n) is 0.707. The summed E-state index contributed by atoms with van der Waals surface area (Å²) in [6.07, 6.45) is 0. The molecule has 5 heteroatoms.